The summed E-state index contributed by atoms with van der Waals surface area (Å²) >= 11 is 0. The van der Waals surface area contributed by atoms with Crippen LogP contribution in [0.15, 0.2) is 12.3 Å². The summed E-state index contributed by atoms with van der Waals surface area (Å²) in [5, 5.41) is 8.33. The van der Waals surface area contributed by atoms with Crippen molar-refractivity contribution in [3.05, 3.63) is 29.1 Å². The second-order valence-corrected chi connectivity index (χ2v) is 2.86. The van der Waals surface area contributed by atoms with E-state index in [0.717, 1.165) is 0 Å². The summed E-state index contributed by atoms with van der Waals surface area (Å²) in [5.74, 6) is 0. The Hall–Kier alpha value is -1.71. The van der Waals surface area contributed by atoms with Crippen LogP contribution < -0.4 is 0 Å². The Labute approximate surface area is 87.3 Å². The molecular weight excluding hydrogens is 231 g/mol. The van der Waals surface area contributed by atoms with Gasteiger partial charge >= 0.3 is 6.18 Å². The fraction of sp³-hybridized carbons (Fsp3) is 0.333. The predicted molar refractivity (Wildman–Crippen MR) is 43.5 cm³/mol. The molecule has 1 aromatic heterocycles. The topological polar surface area (TPSA) is 36.7 Å². The van der Waals surface area contributed by atoms with Crippen LogP contribution in [0, 0.1) is 11.3 Å². The highest BCUT2D eigenvalue weighted by Crippen LogP contribution is 2.35. The number of rotatable bonds is 2. The number of pyridine rings is 1. The second kappa shape index (κ2) is 4.43. The highest BCUT2D eigenvalue weighted by molar-refractivity contribution is 5.35. The van der Waals surface area contributed by atoms with E-state index in [0.29, 0.717) is 12.3 Å². The molecule has 0 spiro atoms. The lowest BCUT2D eigenvalue weighted by molar-refractivity contribution is -0.138. The van der Waals surface area contributed by atoms with Crippen molar-refractivity contribution in [2.45, 2.75) is 19.0 Å². The van der Waals surface area contributed by atoms with Crippen molar-refractivity contribution >= 4 is 0 Å². The molecule has 0 aliphatic carbocycles. The van der Waals surface area contributed by atoms with Gasteiger partial charge in [-0.15, -0.1) is 0 Å². The Bertz CT molecular complexity index is 419. The van der Waals surface area contributed by atoms with Gasteiger partial charge in [0.05, 0.1) is 18.1 Å². The lowest BCUT2D eigenvalue weighted by atomic mass is 10.0. The standard InChI is InChI=1S/C9H5F5N2/c10-8(11)7-5(1-3-15)6(2-4-16-7)9(12,13)14/h2,4,8H,1H2. The van der Waals surface area contributed by atoms with Crippen LogP contribution >= 0.6 is 0 Å². The van der Waals surface area contributed by atoms with E-state index in [9.17, 15) is 22.0 Å². The van der Waals surface area contributed by atoms with E-state index in [1.807, 2.05) is 0 Å². The van der Waals surface area contributed by atoms with Crippen molar-refractivity contribution in [2.75, 3.05) is 0 Å². The van der Waals surface area contributed by atoms with Crippen molar-refractivity contribution in [3.8, 4) is 6.07 Å². The van der Waals surface area contributed by atoms with E-state index in [1.54, 1.807) is 0 Å². The summed E-state index contributed by atoms with van der Waals surface area (Å²) in [5.41, 5.74) is -2.98. The van der Waals surface area contributed by atoms with Gasteiger partial charge in [0.15, 0.2) is 0 Å². The number of hydrogen-bond donors (Lipinski definition) is 0. The first-order valence-electron chi connectivity index (χ1n) is 4.08. The van der Waals surface area contributed by atoms with Crippen LogP contribution in [-0.4, -0.2) is 4.98 Å². The molecule has 0 fully saturated rings. The molecule has 1 heterocycles. The molecule has 16 heavy (non-hydrogen) atoms. The van der Waals surface area contributed by atoms with Gasteiger partial charge in [-0.05, 0) is 6.07 Å². The SMILES string of the molecule is N#CCc1c(C(F)(F)F)ccnc1C(F)F. The van der Waals surface area contributed by atoms with E-state index in [-0.39, 0.29) is 0 Å². The largest absolute Gasteiger partial charge is 0.416 e. The number of hydrogen-bond acceptors (Lipinski definition) is 2. The third-order valence-electron chi connectivity index (χ3n) is 1.86. The van der Waals surface area contributed by atoms with E-state index >= 15 is 0 Å². The number of nitrogens with zero attached hydrogens (tertiary/aromatic N) is 2. The van der Waals surface area contributed by atoms with Gasteiger partial charge in [-0.25, -0.2) is 8.78 Å². The van der Waals surface area contributed by atoms with Crippen molar-refractivity contribution in [2.24, 2.45) is 0 Å². The average Bonchev–Trinajstić information content (AvgIpc) is 2.16. The smallest absolute Gasteiger partial charge is 0.255 e. The summed E-state index contributed by atoms with van der Waals surface area (Å²) < 4.78 is 62.1. The molecule has 0 aromatic carbocycles. The van der Waals surface area contributed by atoms with E-state index in [4.69, 9.17) is 5.26 Å². The minimum absolute atomic E-state index is 0.582. The minimum atomic E-state index is -4.77. The lowest BCUT2D eigenvalue weighted by Crippen LogP contribution is -2.12. The van der Waals surface area contributed by atoms with Crippen LogP contribution in [0.25, 0.3) is 0 Å². The second-order valence-electron chi connectivity index (χ2n) is 2.86. The number of alkyl halides is 5. The normalized spacial score (nSPS) is 11.6. The highest BCUT2D eigenvalue weighted by Gasteiger charge is 2.35. The third kappa shape index (κ3) is 2.45. The Morgan fingerprint density at radius 1 is 1.38 bits per heavy atom. The van der Waals surface area contributed by atoms with Crippen LogP contribution in [0.3, 0.4) is 0 Å². The molecule has 0 saturated carbocycles. The Morgan fingerprint density at radius 3 is 2.44 bits per heavy atom. The molecule has 1 rings (SSSR count). The van der Waals surface area contributed by atoms with E-state index in [1.165, 1.54) is 6.07 Å². The molecule has 0 aliphatic heterocycles. The van der Waals surface area contributed by atoms with Crippen LogP contribution in [0.4, 0.5) is 22.0 Å². The van der Waals surface area contributed by atoms with Gasteiger partial charge in [-0.3, -0.25) is 4.98 Å². The van der Waals surface area contributed by atoms with E-state index in [2.05, 4.69) is 4.98 Å². The molecule has 0 aliphatic rings. The first-order chi connectivity index (χ1) is 7.38. The van der Waals surface area contributed by atoms with Crippen LogP contribution in [0.5, 0.6) is 0 Å². The molecule has 0 atom stereocenters. The maximum absolute atomic E-state index is 12.4. The minimum Gasteiger partial charge on any atom is -0.255 e. The molecule has 7 heteroatoms. The molecule has 86 valence electrons. The van der Waals surface area contributed by atoms with Gasteiger partial charge in [0.25, 0.3) is 6.43 Å². The first-order valence-corrected chi connectivity index (χ1v) is 4.08. The van der Waals surface area contributed by atoms with Crippen LogP contribution in [0.1, 0.15) is 23.2 Å². The maximum Gasteiger partial charge on any atom is 0.416 e. The summed E-state index contributed by atoms with van der Waals surface area (Å²) in [6, 6.07) is 2.00. The highest BCUT2D eigenvalue weighted by atomic mass is 19.4. The molecule has 0 saturated heterocycles. The van der Waals surface area contributed by atoms with Gasteiger partial charge < -0.3 is 0 Å². The predicted octanol–water partition coefficient (Wildman–Crippen LogP) is 3.10. The van der Waals surface area contributed by atoms with Gasteiger partial charge in [0, 0.05) is 11.8 Å². The third-order valence-corrected chi connectivity index (χ3v) is 1.86. The monoisotopic (exact) mass is 236 g/mol. The molecule has 0 bridgehead atoms. The summed E-state index contributed by atoms with van der Waals surface area (Å²) in [6.07, 6.45) is -7.99. The molecule has 0 amide bonds. The van der Waals surface area contributed by atoms with E-state index < -0.39 is 35.8 Å². The number of nitriles is 1. The first kappa shape index (κ1) is 12.4. The Morgan fingerprint density at radius 2 is 2.00 bits per heavy atom. The van der Waals surface area contributed by atoms with Gasteiger partial charge in [-0.1, -0.05) is 0 Å². The Kier molecular flexibility index (Phi) is 3.42. The zero-order valence-electron chi connectivity index (χ0n) is 7.72. The molecule has 1 aromatic rings. The summed E-state index contributed by atoms with van der Waals surface area (Å²) in [4.78, 5) is 3.17. The molecule has 0 N–H and O–H groups in total. The number of aromatic nitrogens is 1. The molecule has 2 nitrogen and oxygen atoms in total. The van der Waals surface area contributed by atoms with Crippen LogP contribution in [-0.2, 0) is 12.6 Å². The van der Waals surface area contributed by atoms with Crippen molar-refractivity contribution in [3.63, 3.8) is 0 Å². The number of halogens is 5. The molecular formula is C9H5F5N2. The lowest BCUT2D eigenvalue weighted by Gasteiger charge is -2.13. The zero-order chi connectivity index (χ0) is 12.3. The van der Waals surface area contributed by atoms with Gasteiger partial charge in [0.1, 0.15) is 5.69 Å². The molecule has 0 unspecified atom stereocenters. The maximum atomic E-state index is 12.4. The van der Waals surface area contributed by atoms with Gasteiger partial charge in [-0.2, -0.15) is 18.4 Å². The van der Waals surface area contributed by atoms with Crippen molar-refractivity contribution < 1.29 is 22.0 Å². The Balaban J connectivity index is 3.40. The van der Waals surface area contributed by atoms with Crippen molar-refractivity contribution in [1.29, 1.82) is 5.26 Å². The average molecular weight is 236 g/mol. The van der Waals surface area contributed by atoms with Crippen LogP contribution in [0.2, 0.25) is 0 Å². The molecule has 0 radical (unpaired) electrons. The summed E-state index contributed by atoms with van der Waals surface area (Å²) in [6.45, 7) is 0. The van der Waals surface area contributed by atoms with Crippen molar-refractivity contribution in [1.82, 2.24) is 4.98 Å². The quantitative estimate of drug-likeness (QED) is 0.740. The zero-order valence-corrected chi connectivity index (χ0v) is 7.72. The van der Waals surface area contributed by atoms with Gasteiger partial charge in [0.2, 0.25) is 0 Å². The summed E-state index contributed by atoms with van der Waals surface area (Å²) in [7, 11) is 0. The fourth-order valence-corrected chi connectivity index (χ4v) is 1.23. The fourth-order valence-electron chi connectivity index (χ4n) is 1.23.